The highest BCUT2D eigenvalue weighted by atomic mass is 16.5. The summed E-state index contributed by atoms with van der Waals surface area (Å²) in [6, 6.07) is 7.45. The van der Waals surface area contributed by atoms with Gasteiger partial charge in [0.2, 0.25) is 0 Å². The first kappa shape index (κ1) is 13.5. The van der Waals surface area contributed by atoms with Crippen molar-refractivity contribution in [3.05, 3.63) is 24.3 Å². The van der Waals surface area contributed by atoms with E-state index in [1.807, 2.05) is 24.3 Å². The van der Waals surface area contributed by atoms with Crippen LogP contribution in [-0.4, -0.2) is 33.2 Å². The Labute approximate surface area is 101 Å². The van der Waals surface area contributed by atoms with Gasteiger partial charge >= 0.3 is 0 Å². The maximum absolute atomic E-state index is 11.2. The van der Waals surface area contributed by atoms with E-state index in [-0.39, 0.29) is 12.4 Å². The van der Waals surface area contributed by atoms with Gasteiger partial charge in [-0.25, -0.2) is 0 Å². The highest BCUT2D eigenvalue weighted by Gasteiger charge is 2.04. The van der Waals surface area contributed by atoms with Crippen molar-refractivity contribution in [1.82, 2.24) is 0 Å². The molecule has 0 bridgehead atoms. The van der Waals surface area contributed by atoms with E-state index in [2.05, 4.69) is 0 Å². The molecule has 0 aliphatic rings. The van der Waals surface area contributed by atoms with Crippen LogP contribution in [0.15, 0.2) is 24.3 Å². The highest BCUT2D eigenvalue weighted by Crippen LogP contribution is 2.25. The minimum Gasteiger partial charge on any atom is -0.493 e. The largest absolute Gasteiger partial charge is 0.493 e. The molecule has 0 fully saturated rings. The number of carbonyl (C=O) groups is 1. The van der Waals surface area contributed by atoms with Gasteiger partial charge in [0.25, 0.3) is 0 Å². The van der Waals surface area contributed by atoms with Gasteiger partial charge in [0.15, 0.2) is 17.3 Å². The van der Waals surface area contributed by atoms with Gasteiger partial charge in [-0.3, -0.25) is 4.79 Å². The van der Waals surface area contributed by atoms with Crippen LogP contribution in [0.2, 0.25) is 0 Å². The molecule has 0 aliphatic heterocycles. The number of Topliss-reactive ketones (excluding diaryl/α,β-unsaturated/α-hetero) is 1. The van der Waals surface area contributed by atoms with Crippen molar-refractivity contribution in [2.24, 2.45) is 0 Å². The molecule has 0 radical (unpaired) electrons. The smallest absolute Gasteiger partial charge is 0.161 e. The molecule has 1 aromatic rings. The third-order valence-corrected chi connectivity index (χ3v) is 2.23. The second kappa shape index (κ2) is 7.68. The van der Waals surface area contributed by atoms with Gasteiger partial charge in [-0.1, -0.05) is 12.1 Å². The molecule has 0 spiro atoms. The van der Waals surface area contributed by atoms with Crippen LogP contribution in [0, 0.1) is 0 Å². The number of benzene rings is 1. The molecule has 0 atom stereocenters. The zero-order valence-electron chi connectivity index (χ0n) is 10.3. The van der Waals surface area contributed by atoms with Crippen LogP contribution in [0.1, 0.15) is 12.8 Å². The molecule has 0 N–H and O–H groups in total. The predicted molar refractivity (Wildman–Crippen MR) is 64.6 cm³/mol. The summed E-state index contributed by atoms with van der Waals surface area (Å²) in [5, 5.41) is 0. The maximum atomic E-state index is 11.2. The van der Waals surface area contributed by atoms with Gasteiger partial charge in [-0.05, 0) is 18.6 Å². The molecule has 0 aromatic heterocycles. The van der Waals surface area contributed by atoms with Crippen LogP contribution in [-0.2, 0) is 9.53 Å². The Balaban J connectivity index is 2.28. The summed E-state index contributed by atoms with van der Waals surface area (Å²) in [5.74, 6) is 1.50. The Morgan fingerprint density at radius 2 is 1.88 bits per heavy atom. The van der Waals surface area contributed by atoms with E-state index in [0.29, 0.717) is 30.9 Å². The maximum Gasteiger partial charge on any atom is 0.161 e. The lowest BCUT2D eigenvalue weighted by atomic mass is 10.2. The zero-order valence-corrected chi connectivity index (χ0v) is 10.3. The SMILES string of the molecule is COCC(=O)CCCOc1ccccc1OC. The fourth-order valence-electron chi connectivity index (χ4n) is 1.42. The predicted octanol–water partition coefficient (Wildman–Crippen LogP) is 2.07. The van der Waals surface area contributed by atoms with Crippen LogP contribution in [0.25, 0.3) is 0 Å². The molecule has 4 heteroatoms. The third-order valence-electron chi connectivity index (χ3n) is 2.23. The lowest BCUT2D eigenvalue weighted by Crippen LogP contribution is -2.08. The van der Waals surface area contributed by atoms with Gasteiger partial charge in [0.05, 0.1) is 13.7 Å². The lowest BCUT2D eigenvalue weighted by Gasteiger charge is -2.09. The topological polar surface area (TPSA) is 44.8 Å². The van der Waals surface area contributed by atoms with E-state index in [1.54, 1.807) is 7.11 Å². The summed E-state index contributed by atoms with van der Waals surface area (Å²) in [5.41, 5.74) is 0. The molecule has 0 aliphatic carbocycles. The molecule has 0 amide bonds. The molecule has 17 heavy (non-hydrogen) atoms. The van der Waals surface area contributed by atoms with E-state index < -0.39 is 0 Å². The average Bonchev–Trinajstić information content (AvgIpc) is 2.35. The molecule has 0 heterocycles. The van der Waals surface area contributed by atoms with Crippen molar-refractivity contribution in [3.8, 4) is 11.5 Å². The van der Waals surface area contributed by atoms with Gasteiger partial charge < -0.3 is 14.2 Å². The Hall–Kier alpha value is -1.55. The summed E-state index contributed by atoms with van der Waals surface area (Å²) in [6.07, 6.45) is 1.16. The van der Waals surface area contributed by atoms with E-state index >= 15 is 0 Å². The van der Waals surface area contributed by atoms with Crippen molar-refractivity contribution in [2.75, 3.05) is 27.4 Å². The zero-order chi connectivity index (χ0) is 12.5. The number of carbonyl (C=O) groups excluding carboxylic acids is 1. The molecule has 0 saturated carbocycles. The molecular formula is C13H18O4. The number of ether oxygens (including phenoxy) is 3. The van der Waals surface area contributed by atoms with E-state index in [9.17, 15) is 4.79 Å². The van der Waals surface area contributed by atoms with Crippen molar-refractivity contribution >= 4 is 5.78 Å². The summed E-state index contributed by atoms with van der Waals surface area (Å²) in [4.78, 5) is 11.2. The number of ketones is 1. The Morgan fingerprint density at radius 3 is 2.53 bits per heavy atom. The van der Waals surface area contributed by atoms with Crippen molar-refractivity contribution in [1.29, 1.82) is 0 Å². The molecule has 94 valence electrons. The number of hydrogen-bond donors (Lipinski definition) is 0. The normalized spacial score (nSPS) is 10.0. The third kappa shape index (κ3) is 4.87. The van der Waals surface area contributed by atoms with Crippen molar-refractivity contribution in [2.45, 2.75) is 12.8 Å². The van der Waals surface area contributed by atoms with Gasteiger partial charge in [0.1, 0.15) is 6.61 Å². The summed E-state index contributed by atoms with van der Waals surface area (Å²) in [6.45, 7) is 0.671. The minimum absolute atomic E-state index is 0.0936. The monoisotopic (exact) mass is 238 g/mol. The number of hydrogen-bond acceptors (Lipinski definition) is 4. The first-order valence-corrected chi connectivity index (χ1v) is 5.54. The summed E-state index contributed by atoms with van der Waals surface area (Å²) < 4.78 is 15.4. The van der Waals surface area contributed by atoms with Gasteiger partial charge in [0, 0.05) is 13.5 Å². The van der Waals surface area contributed by atoms with Crippen LogP contribution < -0.4 is 9.47 Å². The first-order valence-electron chi connectivity index (χ1n) is 5.54. The quantitative estimate of drug-likeness (QED) is 0.650. The molecular weight excluding hydrogens is 220 g/mol. The fourth-order valence-corrected chi connectivity index (χ4v) is 1.42. The van der Waals surface area contributed by atoms with Crippen LogP contribution in [0.5, 0.6) is 11.5 Å². The van der Waals surface area contributed by atoms with E-state index in [0.717, 1.165) is 0 Å². The highest BCUT2D eigenvalue weighted by molar-refractivity contribution is 5.79. The first-order chi connectivity index (χ1) is 8.27. The minimum atomic E-state index is 0.0936. The van der Waals surface area contributed by atoms with Crippen LogP contribution >= 0.6 is 0 Å². The number of rotatable bonds is 8. The van der Waals surface area contributed by atoms with Crippen molar-refractivity contribution < 1.29 is 19.0 Å². The lowest BCUT2D eigenvalue weighted by molar-refractivity contribution is -0.122. The standard InChI is InChI=1S/C13H18O4/c1-15-10-11(14)6-5-9-17-13-8-4-3-7-12(13)16-2/h3-4,7-8H,5-6,9-10H2,1-2H3. The van der Waals surface area contributed by atoms with E-state index in [4.69, 9.17) is 14.2 Å². The molecule has 0 unspecified atom stereocenters. The molecule has 0 saturated heterocycles. The Bertz CT molecular complexity index is 349. The Morgan fingerprint density at radius 1 is 1.18 bits per heavy atom. The van der Waals surface area contributed by atoms with Gasteiger partial charge in [-0.15, -0.1) is 0 Å². The van der Waals surface area contributed by atoms with Gasteiger partial charge in [-0.2, -0.15) is 0 Å². The Kier molecular flexibility index (Phi) is 6.10. The second-order valence-corrected chi connectivity index (χ2v) is 3.57. The van der Waals surface area contributed by atoms with Crippen LogP contribution in [0.3, 0.4) is 0 Å². The molecule has 1 aromatic carbocycles. The average molecular weight is 238 g/mol. The second-order valence-electron chi connectivity index (χ2n) is 3.57. The number of para-hydroxylation sites is 2. The fraction of sp³-hybridized carbons (Fsp3) is 0.462. The van der Waals surface area contributed by atoms with Crippen LogP contribution in [0.4, 0.5) is 0 Å². The van der Waals surface area contributed by atoms with Crippen molar-refractivity contribution in [3.63, 3.8) is 0 Å². The van der Waals surface area contributed by atoms with E-state index in [1.165, 1.54) is 7.11 Å². The summed E-state index contributed by atoms with van der Waals surface area (Å²) in [7, 11) is 3.12. The number of methoxy groups -OCH3 is 2. The summed E-state index contributed by atoms with van der Waals surface area (Å²) >= 11 is 0. The molecule has 1 rings (SSSR count). The molecule has 4 nitrogen and oxygen atoms in total.